The molecule has 0 spiro atoms. The van der Waals surface area contributed by atoms with Gasteiger partial charge in [0.2, 0.25) is 11.9 Å². The van der Waals surface area contributed by atoms with Crippen LogP contribution in [0.3, 0.4) is 0 Å². The Morgan fingerprint density at radius 3 is 2.64 bits per heavy atom. The smallest absolute Gasteiger partial charge is 0.246 e. The molecule has 0 aliphatic carbocycles. The van der Waals surface area contributed by atoms with Gasteiger partial charge >= 0.3 is 0 Å². The third-order valence-corrected chi connectivity index (χ3v) is 6.66. The number of carbonyl (C=O) groups is 2. The predicted octanol–water partition coefficient (Wildman–Crippen LogP) is 3.14. The molecule has 2 aliphatic heterocycles. The van der Waals surface area contributed by atoms with Crippen molar-refractivity contribution in [3.8, 4) is 0 Å². The first-order valence-electron chi connectivity index (χ1n) is 13.1. The van der Waals surface area contributed by atoms with Crippen molar-refractivity contribution in [3.05, 3.63) is 60.1 Å². The molecule has 2 aromatic rings. The Morgan fingerprint density at radius 2 is 2.05 bits per heavy atom. The maximum atomic E-state index is 13.0. The number of hydrogen-bond acceptors (Lipinski definition) is 6. The molecule has 2 saturated heterocycles. The number of nitrogens with one attached hydrogen (secondary N) is 1. The minimum Gasteiger partial charge on any atom is -0.381 e. The molecule has 2 aliphatic rings. The summed E-state index contributed by atoms with van der Waals surface area (Å²) in [5.74, 6) is 0.879. The van der Waals surface area contributed by atoms with Crippen molar-refractivity contribution in [2.45, 2.75) is 57.5 Å². The quantitative estimate of drug-likeness (QED) is 0.301. The summed E-state index contributed by atoms with van der Waals surface area (Å²) in [6.45, 7) is 9.78. The number of carbonyl (C=O) groups excluding carboxylic acids is 2. The zero-order valence-corrected chi connectivity index (χ0v) is 22.8. The van der Waals surface area contributed by atoms with Crippen LogP contribution in [-0.4, -0.2) is 77.6 Å². The standard InChI is InChI=1S/C14H14FNO2.C14H24N6O/c1-2-14(18)16-7-6-12(16)13(17)9-10-4-3-5-11(15)8-10;1-10(2)12-8-19-20(14(15)16-3)13(12)18-9-17-11-4-6-21-7-5-11/h2-5,8,12H,1,6-7,9H2;8-11H,4-7H2,1-3H3,(H2,15,16)(H,17,18). The summed E-state index contributed by atoms with van der Waals surface area (Å²) in [5.41, 5.74) is 7.59. The van der Waals surface area contributed by atoms with Gasteiger partial charge in [0.25, 0.3) is 0 Å². The molecular weight excluding hydrogens is 501 g/mol. The third-order valence-electron chi connectivity index (χ3n) is 6.66. The first-order chi connectivity index (χ1) is 18.7. The highest BCUT2D eigenvalue weighted by atomic mass is 19.1. The van der Waals surface area contributed by atoms with Gasteiger partial charge in [-0.05, 0) is 49.0 Å². The van der Waals surface area contributed by atoms with Crippen LogP contribution in [0.5, 0.6) is 0 Å². The van der Waals surface area contributed by atoms with Crippen LogP contribution in [0.2, 0.25) is 0 Å². The zero-order valence-electron chi connectivity index (χ0n) is 22.8. The van der Waals surface area contributed by atoms with Crippen molar-refractivity contribution < 1.29 is 18.7 Å². The Labute approximate surface area is 228 Å². The number of likely N-dealkylation sites (tertiary alicyclic amines) is 1. The normalized spacial score (nSPS) is 17.9. The second-order valence-corrected chi connectivity index (χ2v) is 9.68. The van der Waals surface area contributed by atoms with E-state index in [1.807, 2.05) is 6.20 Å². The Bertz CT molecular complexity index is 1200. The van der Waals surface area contributed by atoms with Crippen LogP contribution in [0.25, 0.3) is 0 Å². The number of nitrogens with two attached hydrogens (primary N) is 1. The number of aromatic nitrogens is 2. The highest BCUT2D eigenvalue weighted by molar-refractivity contribution is 5.95. The Kier molecular flexibility index (Phi) is 10.9. The fourth-order valence-electron chi connectivity index (χ4n) is 4.30. The summed E-state index contributed by atoms with van der Waals surface area (Å²) in [6, 6.07) is 5.91. The number of ether oxygens (including phenoxy) is 1. The number of anilines is 1. The van der Waals surface area contributed by atoms with E-state index >= 15 is 0 Å². The summed E-state index contributed by atoms with van der Waals surface area (Å²) in [5, 5.41) is 7.50. The van der Waals surface area contributed by atoms with Crippen molar-refractivity contribution in [1.29, 1.82) is 0 Å². The lowest BCUT2D eigenvalue weighted by Gasteiger charge is -2.39. The average Bonchev–Trinajstić information content (AvgIpc) is 3.32. The Balaban J connectivity index is 0.000000218. The highest BCUT2D eigenvalue weighted by Crippen LogP contribution is 2.23. The molecule has 39 heavy (non-hydrogen) atoms. The number of ketones is 1. The van der Waals surface area contributed by atoms with Gasteiger partial charge in [-0.3, -0.25) is 19.6 Å². The van der Waals surface area contributed by atoms with E-state index in [1.165, 1.54) is 23.1 Å². The van der Waals surface area contributed by atoms with Crippen LogP contribution in [0, 0.1) is 5.82 Å². The number of rotatable bonds is 8. The molecule has 11 heteroatoms. The van der Waals surface area contributed by atoms with Gasteiger partial charge in [0.1, 0.15) is 11.6 Å². The number of amides is 1. The van der Waals surface area contributed by atoms with Crippen LogP contribution < -0.4 is 11.1 Å². The van der Waals surface area contributed by atoms with Gasteiger partial charge in [-0.15, -0.1) is 0 Å². The first kappa shape index (κ1) is 29.7. The lowest BCUT2D eigenvalue weighted by atomic mass is 9.94. The number of benzene rings is 1. The SMILES string of the molecule is C=CC(=O)N1CCC1C(=O)Cc1cccc(F)c1.CN=C(N)n1ncc(C(C)C)c1NC=NC1CCOCC1. The molecule has 0 bridgehead atoms. The molecule has 3 N–H and O–H groups in total. The molecule has 1 unspecified atom stereocenters. The summed E-state index contributed by atoms with van der Waals surface area (Å²) in [7, 11) is 1.64. The van der Waals surface area contributed by atoms with Gasteiger partial charge in [-0.2, -0.15) is 9.78 Å². The van der Waals surface area contributed by atoms with Crippen molar-refractivity contribution in [3.63, 3.8) is 0 Å². The van der Waals surface area contributed by atoms with Crippen molar-refractivity contribution in [2.75, 3.05) is 32.1 Å². The number of hydrogen-bond donors (Lipinski definition) is 2. The molecule has 0 saturated carbocycles. The number of Topliss-reactive ketones (excluding diaryl/α,β-unsaturated/α-hetero) is 1. The van der Waals surface area contributed by atoms with E-state index in [-0.39, 0.29) is 30.0 Å². The maximum Gasteiger partial charge on any atom is 0.246 e. The number of nitrogens with zero attached hydrogens (tertiary/aromatic N) is 5. The molecule has 4 rings (SSSR count). The Hall–Kier alpha value is -3.86. The van der Waals surface area contributed by atoms with Crippen molar-refractivity contribution >= 4 is 29.8 Å². The lowest BCUT2D eigenvalue weighted by molar-refractivity contribution is -0.142. The monoisotopic (exact) mass is 539 g/mol. The number of aliphatic imine (C=N–C) groups is 2. The molecule has 1 atom stereocenters. The summed E-state index contributed by atoms with van der Waals surface area (Å²) in [6.07, 6.45) is 7.52. The average molecular weight is 540 g/mol. The fraction of sp³-hybridized carbons (Fsp3) is 0.464. The summed E-state index contributed by atoms with van der Waals surface area (Å²) < 4.78 is 19.9. The molecular formula is C28H38FN7O3. The molecule has 0 radical (unpaired) electrons. The van der Waals surface area contributed by atoms with Crippen LogP contribution >= 0.6 is 0 Å². The fourth-order valence-corrected chi connectivity index (χ4v) is 4.30. The largest absolute Gasteiger partial charge is 0.381 e. The molecule has 1 aromatic heterocycles. The third kappa shape index (κ3) is 8.06. The topological polar surface area (TPSA) is 127 Å². The van der Waals surface area contributed by atoms with E-state index in [1.54, 1.807) is 30.2 Å². The van der Waals surface area contributed by atoms with Gasteiger partial charge in [-0.25, -0.2) is 4.39 Å². The predicted molar refractivity (Wildman–Crippen MR) is 151 cm³/mol. The van der Waals surface area contributed by atoms with E-state index < -0.39 is 0 Å². The highest BCUT2D eigenvalue weighted by Gasteiger charge is 2.35. The van der Waals surface area contributed by atoms with E-state index in [0.29, 0.717) is 36.4 Å². The molecule has 3 heterocycles. The van der Waals surface area contributed by atoms with Gasteiger partial charge in [0.05, 0.1) is 24.6 Å². The second-order valence-electron chi connectivity index (χ2n) is 9.68. The minimum absolute atomic E-state index is 0.0537. The zero-order chi connectivity index (χ0) is 28.4. The molecule has 210 valence electrons. The summed E-state index contributed by atoms with van der Waals surface area (Å²) in [4.78, 5) is 33.4. The van der Waals surface area contributed by atoms with Crippen LogP contribution in [0.1, 0.15) is 50.2 Å². The maximum absolute atomic E-state index is 13.0. The van der Waals surface area contributed by atoms with Crippen LogP contribution in [0.4, 0.5) is 10.2 Å². The first-order valence-corrected chi connectivity index (χ1v) is 13.1. The lowest BCUT2D eigenvalue weighted by Crippen LogP contribution is -2.55. The van der Waals surface area contributed by atoms with E-state index in [2.05, 4.69) is 40.8 Å². The van der Waals surface area contributed by atoms with E-state index in [0.717, 1.165) is 37.4 Å². The van der Waals surface area contributed by atoms with Gasteiger partial charge in [-0.1, -0.05) is 32.6 Å². The number of halogens is 1. The molecule has 1 amide bonds. The molecule has 1 aromatic carbocycles. The van der Waals surface area contributed by atoms with Gasteiger partial charge < -0.3 is 20.7 Å². The van der Waals surface area contributed by atoms with Gasteiger partial charge in [0.15, 0.2) is 5.78 Å². The molecule has 10 nitrogen and oxygen atoms in total. The summed E-state index contributed by atoms with van der Waals surface area (Å²) >= 11 is 0. The van der Waals surface area contributed by atoms with E-state index in [4.69, 9.17) is 10.5 Å². The second kappa shape index (κ2) is 14.3. The Morgan fingerprint density at radius 1 is 1.31 bits per heavy atom. The molecule has 2 fully saturated rings. The minimum atomic E-state index is -0.376. The van der Waals surface area contributed by atoms with Crippen molar-refractivity contribution in [1.82, 2.24) is 14.7 Å². The van der Waals surface area contributed by atoms with Crippen molar-refractivity contribution in [2.24, 2.45) is 15.7 Å². The van der Waals surface area contributed by atoms with Crippen LogP contribution in [0.15, 0.2) is 53.1 Å². The van der Waals surface area contributed by atoms with Crippen LogP contribution in [-0.2, 0) is 20.7 Å². The van der Waals surface area contributed by atoms with Gasteiger partial charge in [0, 0.05) is 38.8 Å². The van der Waals surface area contributed by atoms with E-state index in [9.17, 15) is 14.0 Å².